The minimum absolute atomic E-state index is 0.353. The first-order chi connectivity index (χ1) is 9.61. The highest BCUT2D eigenvalue weighted by Gasteiger charge is 2.22. The van der Waals surface area contributed by atoms with Crippen molar-refractivity contribution in [2.24, 2.45) is 5.92 Å². The molecular weight excluding hydrogens is 248 g/mol. The van der Waals surface area contributed by atoms with Gasteiger partial charge in [0, 0.05) is 18.3 Å². The van der Waals surface area contributed by atoms with Crippen molar-refractivity contribution in [1.29, 1.82) is 5.26 Å². The lowest BCUT2D eigenvalue weighted by molar-refractivity contribution is 0.367. The summed E-state index contributed by atoms with van der Waals surface area (Å²) in [6.07, 6.45) is 2.41. The zero-order chi connectivity index (χ0) is 14.5. The predicted molar refractivity (Wildman–Crippen MR) is 81.8 cm³/mol. The molecule has 108 valence electrons. The van der Waals surface area contributed by atoms with Gasteiger partial charge >= 0.3 is 0 Å². The fraction of sp³-hybridized carbons (Fsp3) is 0.625. The number of aryl methyl sites for hydroxylation is 1. The first-order valence-electron chi connectivity index (χ1n) is 7.47. The molecule has 1 aromatic rings. The van der Waals surface area contributed by atoms with Crippen LogP contribution in [-0.2, 0) is 0 Å². The Morgan fingerprint density at radius 1 is 1.40 bits per heavy atom. The Labute approximate surface area is 121 Å². The molecule has 1 aromatic heterocycles. The maximum Gasteiger partial charge on any atom is 0.147 e. The maximum atomic E-state index is 9.32. The van der Waals surface area contributed by atoms with Gasteiger partial charge in [0.1, 0.15) is 11.9 Å². The lowest BCUT2D eigenvalue weighted by atomic mass is 9.97. The summed E-state index contributed by atoms with van der Waals surface area (Å²) in [6, 6.07) is 6.42. The van der Waals surface area contributed by atoms with Gasteiger partial charge in [-0.25, -0.2) is 4.98 Å². The fourth-order valence-corrected chi connectivity index (χ4v) is 2.73. The predicted octanol–water partition coefficient (Wildman–Crippen LogP) is 2.48. The van der Waals surface area contributed by atoms with E-state index in [9.17, 15) is 5.26 Å². The number of anilines is 1. The Morgan fingerprint density at radius 3 is 2.70 bits per heavy atom. The molecule has 2 heterocycles. The van der Waals surface area contributed by atoms with Crippen LogP contribution in [0.5, 0.6) is 0 Å². The van der Waals surface area contributed by atoms with Crippen LogP contribution in [0.4, 0.5) is 5.82 Å². The van der Waals surface area contributed by atoms with Crippen molar-refractivity contribution in [3.8, 4) is 6.07 Å². The van der Waals surface area contributed by atoms with Crippen LogP contribution < -0.4 is 10.2 Å². The minimum Gasteiger partial charge on any atom is -0.353 e. The molecule has 1 N–H and O–H groups in total. The molecule has 4 heteroatoms. The number of piperidine rings is 1. The number of hydrogen-bond acceptors (Lipinski definition) is 4. The van der Waals surface area contributed by atoms with Gasteiger partial charge in [-0.2, -0.15) is 5.26 Å². The van der Waals surface area contributed by atoms with Gasteiger partial charge in [0.25, 0.3) is 0 Å². The van der Waals surface area contributed by atoms with Crippen LogP contribution in [0.25, 0.3) is 0 Å². The van der Waals surface area contributed by atoms with Crippen molar-refractivity contribution < 1.29 is 0 Å². The van der Waals surface area contributed by atoms with Crippen molar-refractivity contribution in [3.63, 3.8) is 0 Å². The second-order valence-corrected chi connectivity index (χ2v) is 5.88. The van der Waals surface area contributed by atoms with E-state index in [1.54, 1.807) is 0 Å². The Bertz CT molecular complexity index is 484. The Hall–Kier alpha value is -1.60. The molecule has 20 heavy (non-hydrogen) atoms. The number of rotatable bonds is 4. The van der Waals surface area contributed by atoms with Gasteiger partial charge in [0.15, 0.2) is 0 Å². The molecule has 0 spiro atoms. The number of nitriles is 1. The standard InChI is InChI=1S/C16H24N4/c1-12(2)20(11-14-6-8-18-9-7-14)16-15(10-17)5-4-13(3)19-16/h4-5,12,14,18H,6-9,11H2,1-3H3. The van der Waals surface area contributed by atoms with Gasteiger partial charge in [-0.05, 0) is 64.8 Å². The largest absolute Gasteiger partial charge is 0.353 e. The first kappa shape index (κ1) is 14.8. The number of pyridine rings is 1. The monoisotopic (exact) mass is 272 g/mol. The topological polar surface area (TPSA) is 52.0 Å². The van der Waals surface area contributed by atoms with Crippen LogP contribution in [-0.4, -0.2) is 30.7 Å². The molecule has 0 saturated carbocycles. The summed E-state index contributed by atoms with van der Waals surface area (Å²) in [5.74, 6) is 1.54. The van der Waals surface area contributed by atoms with Crippen LogP contribution in [0, 0.1) is 24.2 Å². The third-order valence-corrected chi connectivity index (χ3v) is 3.94. The van der Waals surface area contributed by atoms with Gasteiger partial charge in [0.05, 0.1) is 5.56 Å². The molecule has 1 fully saturated rings. The average molecular weight is 272 g/mol. The van der Waals surface area contributed by atoms with E-state index in [2.05, 4.69) is 35.1 Å². The summed E-state index contributed by atoms with van der Waals surface area (Å²) in [5.41, 5.74) is 1.65. The van der Waals surface area contributed by atoms with Gasteiger partial charge in [0.2, 0.25) is 0 Å². The summed E-state index contributed by atoms with van der Waals surface area (Å²) in [6.45, 7) is 9.52. The van der Waals surface area contributed by atoms with Crippen molar-refractivity contribution in [2.75, 3.05) is 24.5 Å². The summed E-state index contributed by atoms with van der Waals surface area (Å²) >= 11 is 0. The van der Waals surface area contributed by atoms with Gasteiger partial charge in [-0.3, -0.25) is 0 Å². The van der Waals surface area contributed by atoms with Crippen molar-refractivity contribution in [1.82, 2.24) is 10.3 Å². The van der Waals surface area contributed by atoms with Crippen LogP contribution in [0.15, 0.2) is 12.1 Å². The van der Waals surface area contributed by atoms with Gasteiger partial charge in [-0.15, -0.1) is 0 Å². The molecule has 0 bridgehead atoms. The van der Waals surface area contributed by atoms with Crippen LogP contribution in [0.2, 0.25) is 0 Å². The second kappa shape index (κ2) is 6.71. The van der Waals surface area contributed by atoms with E-state index >= 15 is 0 Å². The smallest absolute Gasteiger partial charge is 0.147 e. The third kappa shape index (κ3) is 3.49. The van der Waals surface area contributed by atoms with Crippen LogP contribution >= 0.6 is 0 Å². The highest BCUT2D eigenvalue weighted by molar-refractivity contribution is 5.54. The third-order valence-electron chi connectivity index (χ3n) is 3.94. The van der Waals surface area contributed by atoms with Gasteiger partial charge < -0.3 is 10.2 Å². The molecular formula is C16H24N4. The summed E-state index contributed by atoms with van der Waals surface area (Å²) in [5, 5.41) is 12.7. The molecule has 1 aliphatic heterocycles. The zero-order valence-corrected chi connectivity index (χ0v) is 12.7. The van der Waals surface area contributed by atoms with E-state index in [0.717, 1.165) is 31.1 Å². The molecule has 0 amide bonds. The molecule has 0 aromatic carbocycles. The highest BCUT2D eigenvalue weighted by Crippen LogP contribution is 2.24. The summed E-state index contributed by atoms with van der Waals surface area (Å²) < 4.78 is 0. The van der Waals surface area contributed by atoms with E-state index in [1.807, 2.05) is 19.1 Å². The summed E-state index contributed by atoms with van der Waals surface area (Å²) in [7, 11) is 0. The SMILES string of the molecule is Cc1ccc(C#N)c(N(CC2CCNCC2)C(C)C)n1. The molecule has 4 nitrogen and oxygen atoms in total. The van der Waals surface area contributed by atoms with E-state index in [4.69, 9.17) is 0 Å². The highest BCUT2D eigenvalue weighted by atomic mass is 15.2. The molecule has 0 atom stereocenters. The van der Waals surface area contributed by atoms with Crippen molar-refractivity contribution >= 4 is 5.82 Å². The van der Waals surface area contributed by atoms with Crippen molar-refractivity contribution in [3.05, 3.63) is 23.4 Å². The number of nitrogens with zero attached hydrogens (tertiary/aromatic N) is 3. The number of nitrogens with one attached hydrogen (secondary N) is 1. The first-order valence-corrected chi connectivity index (χ1v) is 7.47. The minimum atomic E-state index is 0.353. The molecule has 2 rings (SSSR count). The Kier molecular flexibility index (Phi) is 4.97. The average Bonchev–Trinajstić information content (AvgIpc) is 2.45. The normalized spacial score (nSPS) is 16.1. The van der Waals surface area contributed by atoms with E-state index in [-0.39, 0.29) is 0 Å². The molecule has 0 unspecified atom stereocenters. The lowest BCUT2D eigenvalue weighted by Crippen LogP contribution is -2.40. The molecule has 1 saturated heterocycles. The fourth-order valence-electron chi connectivity index (χ4n) is 2.73. The zero-order valence-electron chi connectivity index (χ0n) is 12.7. The Morgan fingerprint density at radius 2 is 2.10 bits per heavy atom. The summed E-state index contributed by atoms with van der Waals surface area (Å²) in [4.78, 5) is 6.91. The van der Waals surface area contributed by atoms with Crippen molar-refractivity contribution in [2.45, 2.75) is 39.7 Å². The van der Waals surface area contributed by atoms with Gasteiger partial charge in [-0.1, -0.05) is 0 Å². The molecule has 1 aliphatic rings. The molecule has 0 aliphatic carbocycles. The van der Waals surface area contributed by atoms with Crippen LogP contribution in [0.1, 0.15) is 37.9 Å². The quantitative estimate of drug-likeness (QED) is 0.915. The van der Waals surface area contributed by atoms with E-state index in [0.29, 0.717) is 17.5 Å². The molecule has 0 radical (unpaired) electrons. The second-order valence-electron chi connectivity index (χ2n) is 5.88. The number of hydrogen-bond donors (Lipinski definition) is 1. The van der Waals surface area contributed by atoms with E-state index in [1.165, 1.54) is 12.8 Å². The maximum absolute atomic E-state index is 9.32. The lowest BCUT2D eigenvalue weighted by Gasteiger charge is -2.34. The number of aromatic nitrogens is 1. The van der Waals surface area contributed by atoms with E-state index < -0.39 is 0 Å². The van der Waals surface area contributed by atoms with Crippen LogP contribution in [0.3, 0.4) is 0 Å². The Balaban J connectivity index is 2.24.